The van der Waals surface area contributed by atoms with E-state index >= 15 is 0 Å². The summed E-state index contributed by atoms with van der Waals surface area (Å²) in [6, 6.07) is 15.0. The van der Waals surface area contributed by atoms with Gasteiger partial charge in [-0.25, -0.2) is 9.48 Å². The second-order valence-electron chi connectivity index (χ2n) is 8.68. The fourth-order valence-corrected chi connectivity index (χ4v) is 4.39. The summed E-state index contributed by atoms with van der Waals surface area (Å²) in [6.45, 7) is 7.72. The number of para-hydroxylation sites is 1. The third kappa shape index (κ3) is 2.56. The molecule has 1 radical (unpaired) electrons. The lowest BCUT2D eigenvalue weighted by molar-refractivity contribution is -0.266. The maximum absolute atomic E-state index is 12.8. The van der Waals surface area contributed by atoms with Gasteiger partial charge in [-0.2, -0.15) is 0 Å². The molecule has 0 fully saturated rings. The van der Waals surface area contributed by atoms with E-state index in [-0.39, 0.29) is 0 Å². The van der Waals surface area contributed by atoms with Gasteiger partial charge in [0, 0.05) is 10.9 Å². The van der Waals surface area contributed by atoms with Gasteiger partial charge in [0.1, 0.15) is 11.3 Å². The minimum absolute atomic E-state index is 0.292. The van der Waals surface area contributed by atoms with Crippen molar-refractivity contribution in [3.8, 4) is 16.9 Å². The Morgan fingerprint density at radius 2 is 1.67 bits per heavy atom. The molecule has 0 amide bonds. The predicted molar refractivity (Wildman–Crippen MR) is 111 cm³/mol. The number of hydrogen-bond acceptors (Lipinski definition) is 5. The maximum atomic E-state index is 12.8. The number of nitrogens with zero attached hydrogens (tertiary/aromatic N) is 4. The van der Waals surface area contributed by atoms with E-state index in [4.69, 9.17) is 4.42 Å². The number of aromatic nitrogens is 3. The van der Waals surface area contributed by atoms with Crippen LogP contribution in [0.4, 0.5) is 0 Å². The van der Waals surface area contributed by atoms with Crippen LogP contribution in [0.1, 0.15) is 38.8 Å². The Hall–Kier alpha value is -3.29. The Kier molecular flexibility index (Phi) is 3.81. The zero-order chi connectivity index (χ0) is 21.3. The van der Waals surface area contributed by atoms with Crippen LogP contribution in [-0.2, 0) is 16.3 Å². The van der Waals surface area contributed by atoms with Crippen molar-refractivity contribution in [3.05, 3.63) is 76.3 Å². The highest BCUT2D eigenvalue weighted by molar-refractivity contribution is 5.78. The zero-order valence-corrected chi connectivity index (χ0v) is 17.2. The fourth-order valence-electron chi connectivity index (χ4n) is 4.39. The van der Waals surface area contributed by atoms with Crippen molar-refractivity contribution in [2.75, 3.05) is 0 Å². The van der Waals surface area contributed by atoms with Crippen molar-refractivity contribution in [1.29, 1.82) is 0 Å². The summed E-state index contributed by atoms with van der Waals surface area (Å²) in [7, 11) is 0. The highest BCUT2D eigenvalue weighted by atomic mass is 16.5. The van der Waals surface area contributed by atoms with Crippen molar-refractivity contribution >= 4 is 11.0 Å². The predicted octanol–water partition coefficient (Wildman–Crippen LogP) is 4.17. The van der Waals surface area contributed by atoms with E-state index < -0.39 is 16.7 Å². The minimum Gasteiger partial charge on any atom is -0.421 e. The van der Waals surface area contributed by atoms with Crippen LogP contribution in [0.2, 0.25) is 0 Å². The molecule has 0 bridgehead atoms. The van der Waals surface area contributed by atoms with Gasteiger partial charge in [0.05, 0.1) is 17.3 Å². The molecule has 2 aromatic carbocycles. The van der Waals surface area contributed by atoms with Gasteiger partial charge in [-0.3, -0.25) is 0 Å². The number of hydrogen-bond donors (Lipinski definition) is 0. The average Bonchev–Trinajstić information content (AvgIpc) is 3.26. The maximum Gasteiger partial charge on any atom is 0.362 e. The van der Waals surface area contributed by atoms with Gasteiger partial charge >= 0.3 is 5.63 Å². The van der Waals surface area contributed by atoms with E-state index in [1.165, 1.54) is 4.68 Å². The molecular formula is C23H21N4O3. The molecule has 4 aromatic rings. The topological polar surface area (TPSA) is 84.1 Å². The number of fused-ring (bicyclic) bond motifs is 2. The number of hydroxylamine groups is 2. The Labute approximate surface area is 173 Å². The summed E-state index contributed by atoms with van der Waals surface area (Å²) in [4.78, 5) is 12.4. The summed E-state index contributed by atoms with van der Waals surface area (Å²) < 4.78 is 6.83. The second kappa shape index (κ2) is 6.10. The smallest absolute Gasteiger partial charge is 0.362 e. The summed E-state index contributed by atoms with van der Waals surface area (Å²) in [5.74, 6) is 0. The third-order valence-corrected chi connectivity index (χ3v) is 6.01. The van der Waals surface area contributed by atoms with Crippen molar-refractivity contribution < 1.29 is 9.62 Å². The molecule has 0 N–H and O–H groups in total. The van der Waals surface area contributed by atoms with E-state index in [1.807, 2.05) is 64.1 Å². The largest absolute Gasteiger partial charge is 0.421 e. The Morgan fingerprint density at radius 1 is 0.933 bits per heavy atom. The molecule has 7 heteroatoms. The van der Waals surface area contributed by atoms with Crippen molar-refractivity contribution in [1.82, 2.24) is 20.1 Å². The van der Waals surface area contributed by atoms with Crippen LogP contribution in [0.5, 0.6) is 0 Å². The van der Waals surface area contributed by atoms with Gasteiger partial charge < -0.3 is 4.42 Å². The summed E-state index contributed by atoms with van der Waals surface area (Å²) >= 11 is 0. The molecule has 0 atom stereocenters. The molecule has 3 heterocycles. The van der Waals surface area contributed by atoms with Crippen LogP contribution < -0.4 is 5.63 Å². The molecule has 0 aliphatic carbocycles. The lowest BCUT2D eigenvalue weighted by Crippen LogP contribution is -2.41. The SMILES string of the molecule is CC1(C)c2ccc(-c3cn(-c4cc5ccccc5oc4=O)nn3)cc2C(C)(C)N1[O]. The molecule has 151 valence electrons. The standard InChI is InChI=1S/C23H21N4O3/c1-22(2)16-10-9-14(11-17(16)23(3,4)27(22)29)18-13-26(25-24-18)19-12-15-7-5-6-8-20(15)30-21(19)28/h5-13H,1-4H3. The molecule has 5 rings (SSSR count). The highest BCUT2D eigenvalue weighted by Crippen LogP contribution is 2.49. The van der Waals surface area contributed by atoms with Crippen LogP contribution in [-0.4, -0.2) is 20.1 Å². The molecule has 0 unspecified atom stereocenters. The van der Waals surface area contributed by atoms with Gasteiger partial charge in [0.2, 0.25) is 0 Å². The van der Waals surface area contributed by atoms with E-state index in [0.29, 0.717) is 17.0 Å². The minimum atomic E-state index is -0.649. The first-order valence-electron chi connectivity index (χ1n) is 9.78. The lowest BCUT2D eigenvalue weighted by atomic mass is 9.89. The molecule has 1 aliphatic heterocycles. The second-order valence-corrected chi connectivity index (χ2v) is 8.68. The molecule has 0 saturated carbocycles. The normalized spacial score (nSPS) is 17.4. The van der Waals surface area contributed by atoms with Gasteiger partial charge in [0.15, 0.2) is 5.69 Å². The van der Waals surface area contributed by atoms with Crippen LogP contribution in [0.25, 0.3) is 27.9 Å². The van der Waals surface area contributed by atoms with Crippen molar-refractivity contribution in [3.63, 3.8) is 0 Å². The molecular weight excluding hydrogens is 380 g/mol. The number of benzene rings is 2. The van der Waals surface area contributed by atoms with Gasteiger partial charge in [0.25, 0.3) is 0 Å². The van der Waals surface area contributed by atoms with Crippen molar-refractivity contribution in [2.24, 2.45) is 0 Å². The monoisotopic (exact) mass is 401 g/mol. The molecule has 1 aliphatic rings. The van der Waals surface area contributed by atoms with Gasteiger partial charge in [-0.15, -0.1) is 15.4 Å². The molecule has 30 heavy (non-hydrogen) atoms. The summed E-state index contributed by atoms with van der Waals surface area (Å²) in [5, 5.41) is 23.2. The molecule has 2 aromatic heterocycles. The van der Waals surface area contributed by atoms with Crippen LogP contribution >= 0.6 is 0 Å². The fraction of sp³-hybridized carbons (Fsp3) is 0.261. The quantitative estimate of drug-likeness (QED) is 0.471. The first kappa shape index (κ1) is 18.7. The Balaban J connectivity index is 1.59. The molecule has 0 spiro atoms. The van der Waals surface area contributed by atoms with Gasteiger partial charge in [-0.1, -0.05) is 35.5 Å². The van der Waals surface area contributed by atoms with E-state index in [2.05, 4.69) is 10.3 Å². The van der Waals surface area contributed by atoms with E-state index in [9.17, 15) is 10.0 Å². The molecule has 7 nitrogen and oxygen atoms in total. The first-order valence-corrected chi connectivity index (χ1v) is 9.78. The van der Waals surface area contributed by atoms with E-state index in [0.717, 1.165) is 27.1 Å². The van der Waals surface area contributed by atoms with Crippen LogP contribution in [0.15, 0.2) is 63.9 Å². The Bertz CT molecular complexity index is 1350. The zero-order valence-electron chi connectivity index (χ0n) is 17.2. The summed E-state index contributed by atoms with van der Waals surface area (Å²) in [5.41, 5.74) is 2.52. The van der Waals surface area contributed by atoms with Crippen molar-refractivity contribution in [2.45, 2.75) is 38.8 Å². The number of rotatable bonds is 2. The molecule has 0 saturated heterocycles. The highest BCUT2D eigenvalue weighted by Gasteiger charge is 2.50. The average molecular weight is 401 g/mol. The third-order valence-electron chi connectivity index (χ3n) is 6.01. The van der Waals surface area contributed by atoms with E-state index in [1.54, 1.807) is 18.3 Å². The first-order chi connectivity index (χ1) is 14.2. The van der Waals surface area contributed by atoms with Crippen LogP contribution in [0.3, 0.4) is 0 Å². The lowest BCUT2D eigenvalue weighted by Gasteiger charge is -2.32. The van der Waals surface area contributed by atoms with Crippen LogP contribution in [0, 0.1) is 0 Å². The van der Waals surface area contributed by atoms with Gasteiger partial charge in [-0.05, 0) is 57.0 Å². The summed E-state index contributed by atoms with van der Waals surface area (Å²) in [6.07, 6.45) is 1.70. The Morgan fingerprint density at radius 3 is 2.47 bits per heavy atom.